The molecule has 0 aliphatic rings. The van der Waals surface area contributed by atoms with Gasteiger partial charge in [-0.25, -0.2) is 0 Å². The molecule has 0 aromatic rings. The highest BCUT2D eigenvalue weighted by Crippen LogP contribution is 2.08. The van der Waals surface area contributed by atoms with Crippen LogP contribution in [0.25, 0.3) is 0 Å². The van der Waals surface area contributed by atoms with Crippen LogP contribution >= 0.6 is 0 Å². The number of aliphatic imine (C=N–C) groups is 1. The average Bonchev–Trinajstić information content (AvgIpc) is 1.88. The van der Waals surface area contributed by atoms with Crippen molar-refractivity contribution in [3.8, 4) is 0 Å². The van der Waals surface area contributed by atoms with Gasteiger partial charge in [0.05, 0.1) is 0 Å². The van der Waals surface area contributed by atoms with Crippen LogP contribution < -0.4 is 0 Å². The van der Waals surface area contributed by atoms with Gasteiger partial charge < -0.3 is 0 Å². The maximum atomic E-state index is 4.29. The lowest BCUT2D eigenvalue weighted by atomic mass is 9.99. The Morgan fingerprint density at radius 3 is 2.30 bits per heavy atom. The van der Waals surface area contributed by atoms with Crippen molar-refractivity contribution < 1.29 is 0 Å². The van der Waals surface area contributed by atoms with Crippen molar-refractivity contribution in [2.45, 2.75) is 34.1 Å². The van der Waals surface area contributed by atoms with Crippen LogP contribution in [0.2, 0.25) is 0 Å². The number of nitrogens with zero attached hydrogens (tertiary/aromatic N) is 1. The fourth-order valence-corrected chi connectivity index (χ4v) is 0.581. The minimum Gasteiger partial charge on any atom is -0.297 e. The van der Waals surface area contributed by atoms with Crippen molar-refractivity contribution in [1.82, 2.24) is 0 Å². The van der Waals surface area contributed by atoms with Gasteiger partial charge in [0.15, 0.2) is 0 Å². The Bertz CT molecular complexity index is 94.9. The first-order valence-electron chi connectivity index (χ1n) is 4.16. The van der Waals surface area contributed by atoms with Crippen molar-refractivity contribution in [1.29, 1.82) is 0 Å². The summed E-state index contributed by atoms with van der Waals surface area (Å²) in [4.78, 5) is 4.29. The van der Waals surface area contributed by atoms with Crippen LogP contribution in [0.3, 0.4) is 0 Å². The Balaban J connectivity index is 3.38. The van der Waals surface area contributed by atoms with E-state index in [1.54, 1.807) is 0 Å². The molecular formula is C9H19N. The van der Waals surface area contributed by atoms with Gasteiger partial charge in [0.25, 0.3) is 0 Å². The third-order valence-corrected chi connectivity index (χ3v) is 1.84. The van der Waals surface area contributed by atoms with E-state index in [9.17, 15) is 0 Å². The van der Waals surface area contributed by atoms with Crippen LogP contribution in [-0.2, 0) is 0 Å². The summed E-state index contributed by atoms with van der Waals surface area (Å²) >= 11 is 0. The Morgan fingerprint density at radius 1 is 1.30 bits per heavy atom. The molecular weight excluding hydrogens is 122 g/mol. The molecule has 0 spiro atoms. The molecule has 1 heteroatoms. The molecule has 1 nitrogen and oxygen atoms in total. The molecule has 0 amide bonds. The molecule has 0 radical (unpaired) electrons. The summed E-state index contributed by atoms with van der Waals surface area (Å²) in [5, 5.41) is 0. The summed E-state index contributed by atoms with van der Waals surface area (Å²) in [6.45, 7) is 9.84. The normalized spacial score (nSPS) is 14.9. The molecule has 0 N–H and O–H groups in total. The Kier molecular flexibility index (Phi) is 5.27. The molecule has 60 valence electrons. The molecule has 0 heterocycles. The summed E-state index contributed by atoms with van der Waals surface area (Å²) < 4.78 is 0. The van der Waals surface area contributed by atoms with E-state index in [4.69, 9.17) is 0 Å². The van der Waals surface area contributed by atoms with Crippen LogP contribution in [0, 0.1) is 11.8 Å². The maximum absolute atomic E-state index is 4.29. The fourth-order valence-electron chi connectivity index (χ4n) is 0.581. The topological polar surface area (TPSA) is 12.4 Å². The molecule has 0 fully saturated rings. The lowest BCUT2D eigenvalue weighted by Gasteiger charge is -2.11. The number of hydrogen-bond donors (Lipinski definition) is 0. The Morgan fingerprint density at radius 2 is 1.90 bits per heavy atom. The van der Waals surface area contributed by atoms with Crippen LogP contribution in [-0.4, -0.2) is 12.8 Å². The lowest BCUT2D eigenvalue weighted by molar-refractivity contribution is 0.431. The molecule has 1 unspecified atom stereocenters. The Labute approximate surface area is 64.6 Å². The van der Waals surface area contributed by atoms with Gasteiger partial charge in [-0.05, 0) is 24.5 Å². The zero-order valence-electron chi connectivity index (χ0n) is 7.59. The molecule has 0 bridgehead atoms. The SMILES string of the molecule is CCC=NCC(C)C(C)C. The Hall–Kier alpha value is -0.330. The van der Waals surface area contributed by atoms with E-state index in [1.165, 1.54) is 0 Å². The predicted molar refractivity (Wildman–Crippen MR) is 47.7 cm³/mol. The second-order valence-electron chi connectivity index (χ2n) is 3.18. The quantitative estimate of drug-likeness (QED) is 0.534. The monoisotopic (exact) mass is 141 g/mol. The van der Waals surface area contributed by atoms with E-state index >= 15 is 0 Å². The van der Waals surface area contributed by atoms with Gasteiger partial charge >= 0.3 is 0 Å². The first kappa shape index (κ1) is 9.67. The standard InChI is InChI=1S/C9H19N/c1-5-6-10-7-9(4)8(2)3/h6,8-9H,5,7H2,1-4H3. The van der Waals surface area contributed by atoms with Gasteiger partial charge in [-0.1, -0.05) is 27.7 Å². The summed E-state index contributed by atoms with van der Waals surface area (Å²) in [5.74, 6) is 1.48. The highest BCUT2D eigenvalue weighted by Gasteiger charge is 2.03. The molecule has 1 atom stereocenters. The maximum Gasteiger partial charge on any atom is 0.0413 e. The summed E-state index contributed by atoms with van der Waals surface area (Å²) in [6, 6.07) is 0. The van der Waals surface area contributed by atoms with Gasteiger partial charge in [-0.2, -0.15) is 0 Å². The van der Waals surface area contributed by atoms with E-state index in [1.807, 2.05) is 6.21 Å². The van der Waals surface area contributed by atoms with E-state index in [-0.39, 0.29) is 0 Å². The third kappa shape index (κ3) is 4.54. The molecule has 0 aliphatic heterocycles. The fraction of sp³-hybridized carbons (Fsp3) is 0.889. The second kappa shape index (κ2) is 5.45. The molecule has 0 rings (SSSR count). The summed E-state index contributed by atoms with van der Waals surface area (Å²) in [6.07, 6.45) is 3.06. The van der Waals surface area contributed by atoms with Crippen LogP contribution in [0.15, 0.2) is 4.99 Å². The van der Waals surface area contributed by atoms with E-state index < -0.39 is 0 Å². The highest BCUT2D eigenvalue weighted by molar-refractivity contribution is 5.56. The van der Waals surface area contributed by atoms with Crippen molar-refractivity contribution in [3.05, 3.63) is 0 Å². The summed E-state index contributed by atoms with van der Waals surface area (Å²) in [7, 11) is 0. The van der Waals surface area contributed by atoms with Gasteiger partial charge in [0, 0.05) is 6.54 Å². The average molecular weight is 141 g/mol. The number of rotatable bonds is 4. The molecule has 0 aromatic carbocycles. The minimum absolute atomic E-state index is 0.725. The predicted octanol–water partition coefficient (Wildman–Crippen LogP) is 2.76. The van der Waals surface area contributed by atoms with E-state index in [2.05, 4.69) is 32.7 Å². The minimum atomic E-state index is 0.725. The molecule has 0 aromatic heterocycles. The van der Waals surface area contributed by atoms with Crippen LogP contribution in [0.1, 0.15) is 34.1 Å². The zero-order chi connectivity index (χ0) is 7.98. The van der Waals surface area contributed by atoms with Crippen molar-refractivity contribution in [2.24, 2.45) is 16.8 Å². The molecule has 0 aliphatic carbocycles. The third-order valence-electron chi connectivity index (χ3n) is 1.84. The van der Waals surface area contributed by atoms with E-state index in [0.29, 0.717) is 0 Å². The molecule has 0 saturated heterocycles. The van der Waals surface area contributed by atoms with Gasteiger partial charge in [-0.15, -0.1) is 0 Å². The lowest BCUT2D eigenvalue weighted by Crippen LogP contribution is -2.07. The summed E-state index contributed by atoms with van der Waals surface area (Å²) in [5.41, 5.74) is 0. The molecule has 10 heavy (non-hydrogen) atoms. The first-order chi connectivity index (χ1) is 4.68. The smallest absolute Gasteiger partial charge is 0.0413 e. The van der Waals surface area contributed by atoms with Gasteiger partial charge in [-0.3, -0.25) is 4.99 Å². The second-order valence-corrected chi connectivity index (χ2v) is 3.18. The van der Waals surface area contributed by atoms with Gasteiger partial charge in [0.1, 0.15) is 0 Å². The van der Waals surface area contributed by atoms with Crippen molar-refractivity contribution in [3.63, 3.8) is 0 Å². The number of hydrogen-bond acceptors (Lipinski definition) is 1. The van der Waals surface area contributed by atoms with Crippen LogP contribution in [0.4, 0.5) is 0 Å². The zero-order valence-corrected chi connectivity index (χ0v) is 7.59. The van der Waals surface area contributed by atoms with Crippen molar-refractivity contribution >= 4 is 6.21 Å². The van der Waals surface area contributed by atoms with Crippen molar-refractivity contribution in [2.75, 3.05) is 6.54 Å². The van der Waals surface area contributed by atoms with Crippen LogP contribution in [0.5, 0.6) is 0 Å². The largest absolute Gasteiger partial charge is 0.297 e. The first-order valence-corrected chi connectivity index (χ1v) is 4.16. The highest BCUT2D eigenvalue weighted by atomic mass is 14.7. The van der Waals surface area contributed by atoms with Gasteiger partial charge in [0.2, 0.25) is 0 Å². The van der Waals surface area contributed by atoms with E-state index in [0.717, 1.165) is 24.8 Å². The molecule has 0 saturated carbocycles.